The minimum absolute atomic E-state index is 0.137. The van der Waals surface area contributed by atoms with Crippen molar-refractivity contribution in [2.24, 2.45) is 0 Å². The van der Waals surface area contributed by atoms with Crippen LogP contribution in [0.15, 0.2) is 48.0 Å². The Morgan fingerprint density at radius 1 is 1.03 bits per heavy atom. The lowest BCUT2D eigenvalue weighted by Crippen LogP contribution is -2.38. The number of hydrogen-bond donors (Lipinski definition) is 1. The van der Waals surface area contributed by atoms with Gasteiger partial charge in [0.05, 0.1) is 18.2 Å². The molecule has 0 aromatic heterocycles. The Morgan fingerprint density at radius 2 is 1.71 bits per heavy atom. The van der Waals surface area contributed by atoms with Crippen molar-refractivity contribution in [3.63, 3.8) is 0 Å². The van der Waals surface area contributed by atoms with Crippen molar-refractivity contribution in [2.75, 3.05) is 32.8 Å². The van der Waals surface area contributed by atoms with Crippen LogP contribution >= 0.6 is 0 Å². The highest BCUT2D eigenvalue weighted by molar-refractivity contribution is 6.46. The highest BCUT2D eigenvalue weighted by atomic mass is 16.5. The number of Topliss-reactive ketones (excluding diaryl/α,β-unsaturated/α-hetero) is 1. The van der Waals surface area contributed by atoms with E-state index in [1.54, 1.807) is 11.0 Å². The van der Waals surface area contributed by atoms with Gasteiger partial charge in [0.25, 0.3) is 11.7 Å². The van der Waals surface area contributed by atoms with Crippen LogP contribution in [0, 0.1) is 13.8 Å². The van der Waals surface area contributed by atoms with E-state index in [0.29, 0.717) is 25.3 Å². The topological polar surface area (TPSA) is 70.1 Å². The van der Waals surface area contributed by atoms with Gasteiger partial charge >= 0.3 is 0 Å². The summed E-state index contributed by atoms with van der Waals surface area (Å²) in [4.78, 5) is 30.2. The fraction of sp³-hybridized carbons (Fsp3) is 0.448. The molecule has 3 rings (SSSR count). The van der Waals surface area contributed by atoms with Crippen molar-refractivity contribution in [1.82, 2.24) is 9.80 Å². The van der Waals surface area contributed by atoms with E-state index in [1.807, 2.05) is 50.2 Å². The number of likely N-dealkylation sites (tertiary alicyclic amines) is 1. The average molecular weight is 479 g/mol. The molecule has 0 bridgehead atoms. The average Bonchev–Trinajstić information content (AvgIpc) is 3.10. The number of aliphatic hydroxyl groups is 1. The summed E-state index contributed by atoms with van der Waals surface area (Å²) in [5, 5.41) is 11.3. The van der Waals surface area contributed by atoms with Gasteiger partial charge in [-0.2, -0.15) is 0 Å². The zero-order valence-electron chi connectivity index (χ0n) is 21.6. The van der Waals surface area contributed by atoms with Gasteiger partial charge in [-0.05, 0) is 62.7 Å². The number of carbonyl (C=O) groups is 2. The summed E-state index contributed by atoms with van der Waals surface area (Å²) >= 11 is 0. The van der Waals surface area contributed by atoms with E-state index in [0.717, 1.165) is 48.4 Å². The molecule has 1 aliphatic rings. The van der Waals surface area contributed by atoms with Gasteiger partial charge in [0, 0.05) is 18.7 Å². The molecule has 1 aliphatic heterocycles. The van der Waals surface area contributed by atoms with Crippen molar-refractivity contribution in [1.29, 1.82) is 0 Å². The zero-order valence-corrected chi connectivity index (χ0v) is 21.6. The molecule has 1 N–H and O–H groups in total. The lowest BCUT2D eigenvalue weighted by Gasteiger charge is -2.28. The van der Waals surface area contributed by atoms with Crippen LogP contribution in [0.5, 0.6) is 5.75 Å². The number of benzene rings is 2. The summed E-state index contributed by atoms with van der Waals surface area (Å²) in [6.07, 6.45) is 2.01. The summed E-state index contributed by atoms with van der Waals surface area (Å²) in [5.74, 6) is -0.610. The predicted octanol–water partition coefficient (Wildman–Crippen LogP) is 5.25. The molecule has 2 aromatic rings. The number of amides is 1. The maximum atomic E-state index is 13.2. The second kappa shape index (κ2) is 12.0. The van der Waals surface area contributed by atoms with Crippen LogP contribution in [0.3, 0.4) is 0 Å². The first kappa shape index (κ1) is 26.5. The van der Waals surface area contributed by atoms with E-state index in [9.17, 15) is 14.7 Å². The summed E-state index contributed by atoms with van der Waals surface area (Å²) in [7, 11) is 0. The van der Waals surface area contributed by atoms with Crippen LogP contribution in [-0.2, 0) is 9.59 Å². The van der Waals surface area contributed by atoms with E-state index in [1.165, 1.54) is 0 Å². The molecule has 188 valence electrons. The molecule has 0 radical (unpaired) electrons. The Bertz CT molecular complexity index is 1070. The summed E-state index contributed by atoms with van der Waals surface area (Å²) in [5.41, 5.74) is 3.41. The lowest BCUT2D eigenvalue weighted by molar-refractivity contribution is -0.140. The van der Waals surface area contributed by atoms with Gasteiger partial charge in [0.1, 0.15) is 11.5 Å². The number of hydrogen-bond acceptors (Lipinski definition) is 5. The van der Waals surface area contributed by atoms with Gasteiger partial charge < -0.3 is 19.6 Å². The Kier molecular flexibility index (Phi) is 9.10. The fourth-order valence-electron chi connectivity index (χ4n) is 4.44. The molecule has 2 aromatic carbocycles. The van der Waals surface area contributed by atoms with Crippen molar-refractivity contribution >= 4 is 17.4 Å². The molecule has 1 saturated heterocycles. The number of nitrogens with zero attached hydrogens (tertiary/aromatic N) is 2. The molecule has 0 spiro atoms. The summed E-state index contributed by atoms with van der Waals surface area (Å²) in [6.45, 7) is 13.6. The maximum Gasteiger partial charge on any atom is 0.295 e. The normalized spacial score (nSPS) is 17.4. The van der Waals surface area contributed by atoms with Crippen molar-refractivity contribution in [3.05, 3.63) is 70.3 Å². The Morgan fingerprint density at radius 3 is 2.31 bits per heavy atom. The van der Waals surface area contributed by atoms with E-state index < -0.39 is 17.7 Å². The Hall–Kier alpha value is -3.12. The third-order valence-corrected chi connectivity index (χ3v) is 6.69. The number of aryl methyl sites for hydroxylation is 2. The van der Waals surface area contributed by atoms with Gasteiger partial charge in [0.2, 0.25) is 0 Å². The number of aliphatic hydroxyl groups excluding tert-OH is 1. The first-order chi connectivity index (χ1) is 16.8. The minimum atomic E-state index is -0.645. The molecule has 1 atom stereocenters. The molecule has 0 aliphatic carbocycles. The smallest absolute Gasteiger partial charge is 0.295 e. The first-order valence-corrected chi connectivity index (χ1v) is 12.6. The van der Waals surface area contributed by atoms with Crippen LogP contribution < -0.4 is 4.74 Å². The van der Waals surface area contributed by atoms with E-state index in [-0.39, 0.29) is 11.3 Å². The van der Waals surface area contributed by atoms with Gasteiger partial charge in [-0.15, -0.1) is 0 Å². The van der Waals surface area contributed by atoms with Gasteiger partial charge in [-0.1, -0.05) is 57.0 Å². The Balaban J connectivity index is 2.03. The van der Waals surface area contributed by atoms with Gasteiger partial charge in [0.15, 0.2) is 0 Å². The minimum Gasteiger partial charge on any atom is -0.507 e. The standard InChI is InChI=1S/C29H38N2O4/c1-6-9-18-35-24-15-14-23(19-21(24)5)27(32)25-26(22-12-10-20(4)11-13-22)31(29(34)28(25)33)17-16-30(7-2)8-3/h10-15,19,26,32H,6-9,16-18H2,1-5H3. The second-order valence-corrected chi connectivity index (χ2v) is 9.11. The maximum absolute atomic E-state index is 13.2. The van der Waals surface area contributed by atoms with E-state index in [2.05, 4.69) is 25.7 Å². The van der Waals surface area contributed by atoms with Crippen molar-refractivity contribution in [2.45, 2.75) is 53.5 Å². The van der Waals surface area contributed by atoms with Crippen LogP contribution in [0.1, 0.15) is 61.9 Å². The highest BCUT2D eigenvalue weighted by Gasteiger charge is 2.45. The number of ketones is 1. The zero-order chi connectivity index (χ0) is 25.5. The summed E-state index contributed by atoms with van der Waals surface area (Å²) < 4.78 is 5.84. The third-order valence-electron chi connectivity index (χ3n) is 6.69. The third kappa shape index (κ3) is 5.93. The molecular formula is C29H38N2O4. The number of likely N-dealkylation sites (N-methyl/N-ethyl adjacent to an activating group) is 1. The monoisotopic (exact) mass is 478 g/mol. The largest absolute Gasteiger partial charge is 0.507 e. The second-order valence-electron chi connectivity index (χ2n) is 9.11. The van der Waals surface area contributed by atoms with Crippen LogP contribution in [-0.4, -0.2) is 59.4 Å². The number of ether oxygens (including phenoxy) is 1. The molecule has 1 amide bonds. The number of carbonyl (C=O) groups excluding carboxylic acids is 2. The molecule has 35 heavy (non-hydrogen) atoms. The van der Waals surface area contributed by atoms with E-state index >= 15 is 0 Å². The molecular weight excluding hydrogens is 440 g/mol. The molecule has 6 nitrogen and oxygen atoms in total. The summed E-state index contributed by atoms with van der Waals surface area (Å²) in [6, 6.07) is 12.5. The van der Waals surface area contributed by atoms with Crippen LogP contribution in [0.25, 0.3) is 5.76 Å². The number of rotatable bonds is 11. The SMILES string of the molecule is CCCCOc1ccc(C(O)=C2C(=O)C(=O)N(CCN(CC)CC)C2c2ccc(C)cc2)cc1C. The molecule has 6 heteroatoms. The first-order valence-electron chi connectivity index (χ1n) is 12.6. The molecule has 0 saturated carbocycles. The molecule has 1 unspecified atom stereocenters. The van der Waals surface area contributed by atoms with Crippen molar-refractivity contribution < 1.29 is 19.4 Å². The van der Waals surface area contributed by atoms with Gasteiger partial charge in [-0.25, -0.2) is 0 Å². The molecule has 1 fully saturated rings. The van der Waals surface area contributed by atoms with Crippen molar-refractivity contribution in [3.8, 4) is 5.75 Å². The Labute approximate surface area is 209 Å². The predicted molar refractivity (Wildman–Crippen MR) is 140 cm³/mol. The lowest BCUT2D eigenvalue weighted by atomic mass is 9.94. The number of unbranched alkanes of at least 4 members (excludes halogenated alkanes) is 1. The highest BCUT2D eigenvalue weighted by Crippen LogP contribution is 2.39. The van der Waals surface area contributed by atoms with E-state index in [4.69, 9.17) is 4.74 Å². The molecule has 1 heterocycles. The quantitative estimate of drug-likeness (QED) is 0.207. The van der Waals surface area contributed by atoms with Gasteiger partial charge in [-0.3, -0.25) is 9.59 Å². The van der Waals surface area contributed by atoms with Crippen LogP contribution in [0.2, 0.25) is 0 Å². The van der Waals surface area contributed by atoms with Crippen LogP contribution in [0.4, 0.5) is 0 Å². The fourth-order valence-corrected chi connectivity index (χ4v) is 4.44.